The first-order valence-electron chi connectivity index (χ1n) is 6.17. The van der Waals surface area contributed by atoms with Crippen LogP contribution in [0.1, 0.15) is 15.4 Å². The number of rotatable bonds is 3. The van der Waals surface area contributed by atoms with Crippen molar-refractivity contribution in [3.63, 3.8) is 0 Å². The number of nitrogen functional groups attached to an aromatic ring is 1. The quantitative estimate of drug-likeness (QED) is 0.776. The highest BCUT2D eigenvalue weighted by atomic mass is 32.1. The standard InChI is InChI=1S/C14H12N4OS2/c1-8-11(21-14(15)17-8)12(19)18-10-4-2-9(3-5-10)13-16-6-7-20-13/h2-7H,1H3,(H2,15,17)(H,18,19). The summed E-state index contributed by atoms with van der Waals surface area (Å²) in [6.07, 6.45) is 1.77. The maximum atomic E-state index is 12.2. The number of hydrogen-bond donors (Lipinski definition) is 2. The fourth-order valence-corrected chi connectivity index (χ4v) is 3.25. The lowest BCUT2D eigenvalue weighted by Gasteiger charge is -2.04. The van der Waals surface area contributed by atoms with Gasteiger partial charge in [-0.15, -0.1) is 11.3 Å². The van der Waals surface area contributed by atoms with E-state index in [1.165, 1.54) is 11.3 Å². The predicted octanol–water partition coefficient (Wildman–Crippen LogP) is 3.41. The second-order valence-electron chi connectivity index (χ2n) is 4.34. The minimum Gasteiger partial charge on any atom is -0.375 e. The summed E-state index contributed by atoms with van der Waals surface area (Å²) < 4.78 is 0. The van der Waals surface area contributed by atoms with Crippen molar-refractivity contribution in [3.8, 4) is 10.6 Å². The fraction of sp³-hybridized carbons (Fsp3) is 0.0714. The van der Waals surface area contributed by atoms with Crippen LogP contribution in [0.2, 0.25) is 0 Å². The molecule has 0 aliphatic carbocycles. The van der Waals surface area contributed by atoms with Gasteiger partial charge in [0.05, 0.1) is 5.69 Å². The van der Waals surface area contributed by atoms with Crippen LogP contribution < -0.4 is 11.1 Å². The number of amides is 1. The van der Waals surface area contributed by atoms with E-state index in [4.69, 9.17) is 5.73 Å². The molecule has 0 aliphatic heterocycles. The maximum Gasteiger partial charge on any atom is 0.267 e. The Morgan fingerprint density at radius 1 is 1.29 bits per heavy atom. The summed E-state index contributed by atoms with van der Waals surface area (Å²) in [5.74, 6) is -0.191. The minimum atomic E-state index is -0.191. The summed E-state index contributed by atoms with van der Waals surface area (Å²) in [5.41, 5.74) is 8.01. The first kappa shape index (κ1) is 13.7. The molecular weight excluding hydrogens is 304 g/mol. The van der Waals surface area contributed by atoms with Crippen LogP contribution in [0, 0.1) is 6.92 Å². The molecule has 106 valence electrons. The van der Waals surface area contributed by atoms with E-state index in [1.807, 2.05) is 29.6 Å². The molecule has 1 amide bonds. The smallest absolute Gasteiger partial charge is 0.267 e. The van der Waals surface area contributed by atoms with Crippen molar-refractivity contribution in [2.75, 3.05) is 11.1 Å². The second-order valence-corrected chi connectivity index (χ2v) is 6.26. The molecule has 0 aliphatic rings. The van der Waals surface area contributed by atoms with Crippen molar-refractivity contribution in [3.05, 3.63) is 46.4 Å². The number of nitrogens with two attached hydrogens (primary N) is 1. The topological polar surface area (TPSA) is 80.9 Å². The Kier molecular flexibility index (Phi) is 3.68. The average molecular weight is 316 g/mol. The van der Waals surface area contributed by atoms with Gasteiger partial charge in [0, 0.05) is 22.8 Å². The van der Waals surface area contributed by atoms with Crippen LogP contribution in [-0.4, -0.2) is 15.9 Å². The maximum absolute atomic E-state index is 12.2. The first-order chi connectivity index (χ1) is 10.1. The largest absolute Gasteiger partial charge is 0.375 e. The van der Waals surface area contributed by atoms with Gasteiger partial charge in [0.15, 0.2) is 5.13 Å². The van der Waals surface area contributed by atoms with Crippen molar-refractivity contribution < 1.29 is 4.79 Å². The van der Waals surface area contributed by atoms with Crippen LogP contribution in [-0.2, 0) is 0 Å². The molecule has 0 bridgehead atoms. The Hall–Kier alpha value is -2.25. The van der Waals surface area contributed by atoms with Crippen molar-refractivity contribution in [1.82, 2.24) is 9.97 Å². The summed E-state index contributed by atoms with van der Waals surface area (Å²) in [7, 11) is 0. The van der Waals surface area contributed by atoms with E-state index < -0.39 is 0 Å². The summed E-state index contributed by atoms with van der Waals surface area (Å²) in [6.45, 7) is 1.77. The molecule has 3 N–H and O–H groups in total. The van der Waals surface area contributed by atoms with Gasteiger partial charge in [-0.2, -0.15) is 0 Å². The molecule has 3 aromatic rings. The van der Waals surface area contributed by atoms with Crippen LogP contribution in [0.25, 0.3) is 10.6 Å². The Balaban J connectivity index is 1.76. The molecular formula is C14H12N4OS2. The van der Waals surface area contributed by atoms with Crippen molar-refractivity contribution in [2.24, 2.45) is 0 Å². The van der Waals surface area contributed by atoms with Crippen LogP contribution in [0.3, 0.4) is 0 Å². The van der Waals surface area contributed by atoms with Gasteiger partial charge in [0.2, 0.25) is 0 Å². The lowest BCUT2D eigenvalue weighted by atomic mass is 10.2. The molecule has 1 aromatic carbocycles. The van der Waals surface area contributed by atoms with Gasteiger partial charge < -0.3 is 11.1 Å². The highest BCUT2D eigenvalue weighted by Gasteiger charge is 2.14. The number of aryl methyl sites for hydroxylation is 1. The van der Waals surface area contributed by atoms with E-state index in [0.29, 0.717) is 15.7 Å². The third-order valence-electron chi connectivity index (χ3n) is 2.84. The van der Waals surface area contributed by atoms with Gasteiger partial charge in [0.1, 0.15) is 9.88 Å². The molecule has 0 unspecified atom stereocenters. The number of hydrogen-bond acceptors (Lipinski definition) is 6. The SMILES string of the molecule is Cc1nc(N)sc1C(=O)Nc1ccc(-c2nccs2)cc1. The Morgan fingerprint density at radius 2 is 2.05 bits per heavy atom. The van der Waals surface area contributed by atoms with Gasteiger partial charge in [-0.3, -0.25) is 4.79 Å². The number of thiazole rings is 2. The van der Waals surface area contributed by atoms with Crippen molar-refractivity contribution >= 4 is 39.4 Å². The Morgan fingerprint density at radius 3 is 2.62 bits per heavy atom. The molecule has 2 aromatic heterocycles. The van der Waals surface area contributed by atoms with Crippen molar-refractivity contribution in [2.45, 2.75) is 6.92 Å². The number of nitrogens with zero attached hydrogens (tertiary/aromatic N) is 2. The zero-order valence-corrected chi connectivity index (χ0v) is 12.8. The van der Waals surface area contributed by atoms with Gasteiger partial charge in [-0.05, 0) is 31.2 Å². The fourth-order valence-electron chi connectivity index (χ4n) is 1.88. The van der Waals surface area contributed by atoms with Crippen LogP contribution >= 0.6 is 22.7 Å². The van der Waals surface area contributed by atoms with E-state index in [9.17, 15) is 4.79 Å². The van der Waals surface area contributed by atoms with Gasteiger partial charge in [-0.25, -0.2) is 9.97 Å². The molecule has 0 radical (unpaired) electrons. The van der Waals surface area contributed by atoms with E-state index in [1.54, 1.807) is 24.5 Å². The summed E-state index contributed by atoms with van der Waals surface area (Å²) in [5, 5.41) is 6.13. The number of carbonyl (C=O) groups excluding carboxylic acids is 1. The summed E-state index contributed by atoms with van der Waals surface area (Å²) in [4.78, 5) is 21.0. The lowest BCUT2D eigenvalue weighted by Crippen LogP contribution is -2.11. The van der Waals surface area contributed by atoms with E-state index in [0.717, 1.165) is 16.3 Å². The third kappa shape index (κ3) is 2.93. The number of benzene rings is 1. The predicted molar refractivity (Wildman–Crippen MR) is 86.8 cm³/mol. The summed E-state index contributed by atoms with van der Waals surface area (Å²) >= 11 is 2.77. The second kappa shape index (κ2) is 5.63. The summed E-state index contributed by atoms with van der Waals surface area (Å²) in [6, 6.07) is 7.58. The number of nitrogens with one attached hydrogen (secondary N) is 1. The molecule has 0 atom stereocenters. The zero-order chi connectivity index (χ0) is 14.8. The minimum absolute atomic E-state index is 0.191. The highest BCUT2D eigenvalue weighted by molar-refractivity contribution is 7.17. The van der Waals surface area contributed by atoms with Gasteiger partial charge >= 0.3 is 0 Å². The van der Waals surface area contributed by atoms with E-state index in [2.05, 4.69) is 15.3 Å². The molecule has 3 rings (SSSR count). The van der Waals surface area contributed by atoms with E-state index in [-0.39, 0.29) is 5.91 Å². The molecule has 0 saturated heterocycles. The molecule has 0 saturated carbocycles. The molecule has 7 heteroatoms. The molecule has 2 heterocycles. The molecule has 0 fully saturated rings. The normalized spacial score (nSPS) is 10.5. The average Bonchev–Trinajstić information content (AvgIpc) is 3.09. The molecule has 21 heavy (non-hydrogen) atoms. The van der Waals surface area contributed by atoms with Crippen LogP contribution in [0.5, 0.6) is 0 Å². The van der Waals surface area contributed by atoms with Gasteiger partial charge in [0.25, 0.3) is 5.91 Å². The number of carbonyl (C=O) groups is 1. The number of anilines is 2. The Bertz CT molecular complexity index is 763. The van der Waals surface area contributed by atoms with Crippen LogP contribution in [0.4, 0.5) is 10.8 Å². The van der Waals surface area contributed by atoms with Crippen LogP contribution in [0.15, 0.2) is 35.8 Å². The highest BCUT2D eigenvalue weighted by Crippen LogP contribution is 2.24. The lowest BCUT2D eigenvalue weighted by molar-refractivity contribution is 0.103. The van der Waals surface area contributed by atoms with E-state index >= 15 is 0 Å². The zero-order valence-electron chi connectivity index (χ0n) is 11.2. The Labute approximate surface area is 129 Å². The van der Waals surface area contributed by atoms with Crippen molar-refractivity contribution in [1.29, 1.82) is 0 Å². The van der Waals surface area contributed by atoms with Gasteiger partial charge in [-0.1, -0.05) is 11.3 Å². The first-order valence-corrected chi connectivity index (χ1v) is 7.87. The number of aromatic nitrogens is 2. The molecule has 0 spiro atoms. The monoisotopic (exact) mass is 316 g/mol. The third-order valence-corrected chi connectivity index (χ3v) is 4.65. The molecule has 5 nitrogen and oxygen atoms in total.